The van der Waals surface area contributed by atoms with Gasteiger partial charge in [0, 0.05) is 24.0 Å². The Kier molecular flexibility index (Phi) is 2.99. The number of aliphatic hydroxyl groups excluding tert-OH is 2. The SMILES string of the molecule is Cc1c(C(=O)N2CC(O)C(O)C2)oc2ccc(F)cc12. The number of hydrogen-bond donors (Lipinski definition) is 2. The minimum absolute atomic E-state index is 0.0604. The van der Waals surface area contributed by atoms with Crippen molar-refractivity contribution in [1.29, 1.82) is 0 Å². The lowest BCUT2D eigenvalue weighted by Gasteiger charge is -2.13. The first-order chi connectivity index (χ1) is 9.47. The van der Waals surface area contributed by atoms with E-state index in [1.807, 2.05) is 0 Å². The number of nitrogens with zero attached hydrogens (tertiary/aromatic N) is 1. The summed E-state index contributed by atoms with van der Waals surface area (Å²) < 4.78 is 18.7. The van der Waals surface area contributed by atoms with Gasteiger partial charge in [-0.25, -0.2) is 4.39 Å². The fourth-order valence-electron chi connectivity index (χ4n) is 2.48. The van der Waals surface area contributed by atoms with Crippen LogP contribution in [0.5, 0.6) is 0 Å². The van der Waals surface area contributed by atoms with Crippen molar-refractivity contribution in [1.82, 2.24) is 4.90 Å². The summed E-state index contributed by atoms with van der Waals surface area (Å²) in [6.45, 7) is 1.80. The zero-order valence-electron chi connectivity index (χ0n) is 10.8. The van der Waals surface area contributed by atoms with Crippen molar-refractivity contribution in [3.05, 3.63) is 35.3 Å². The number of rotatable bonds is 1. The van der Waals surface area contributed by atoms with Gasteiger partial charge in [0.05, 0.1) is 12.2 Å². The van der Waals surface area contributed by atoms with Gasteiger partial charge in [0.1, 0.15) is 11.4 Å². The van der Waals surface area contributed by atoms with E-state index in [2.05, 4.69) is 0 Å². The van der Waals surface area contributed by atoms with Gasteiger partial charge in [-0.1, -0.05) is 0 Å². The molecule has 6 heteroatoms. The molecule has 0 radical (unpaired) electrons. The maximum atomic E-state index is 13.2. The summed E-state index contributed by atoms with van der Waals surface area (Å²) >= 11 is 0. The van der Waals surface area contributed by atoms with Crippen LogP contribution in [-0.4, -0.2) is 46.3 Å². The van der Waals surface area contributed by atoms with Crippen molar-refractivity contribution in [3.63, 3.8) is 0 Å². The summed E-state index contributed by atoms with van der Waals surface area (Å²) in [6.07, 6.45) is -1.89. The third-order valence-corrected chi connectivity index (χ3v) is 3.64. The first-order valence-electron chi connectivity index (χ1n) is 6.31. The van der Waals surface area contributed by atoms with Crippen LogP contribution in [0.3, 0.4) is 0 Å². The van der Waals surface area contributed by atoms with Crippen LogP contribution in [-0.2, 0) is 0 Å². The van der Waals surface area contributed by atoms with E-state index in [-0.39, 0.29) is 18.8 Å². The fraction of sp³-hybridized carbons (Fsp3) is 0.357. The van der Waals surface area contributed by atoms with E-state index in [0.29, 0.717) is 16.5 Å². The number of β-amino-alcohol motifs (C(OH)–C–C–N with tert-alkyl or cyclic N) is 2. The smallest absolute Gasteiger partial charge is 0.290 e. The van der Waals surface area contributed by atoms with E-state index in [1.165, 1.54) is 23.1 Å². The molecule has 1 saturated heterocycles. The summed E-state index contributed by atoms with van der Waals surface area (Å²) in [4.78, 5) is 13.7. The van der Waals surface area contributed by atoms with Crippen molar-refractivity contribution >= 4 is 16.9 Å². The molecule has 2 heterocycles. The molecule has 2 unspecified atom stereocenters. The quantitative estimate of drug-likeness (QED) is 0.818. The largest absolute Gasteiger partial charge is 0.451 e. The second-order valence-corrected chi connectivity index (χ2v) is 5.04. The van der Waals surface area contributed by atoms with Crippen LogP contribution in [0.25, 0.3) is 11.0 Å². The van der Waals surface area contributed by atoms with Gasteiger partial charge in [-0.05, 0) is 25.1 Å². The van der Waals surface area contributed by atoms with Gasteiger partial charge < -0.3 is 19.5 Å². The lowest BCUT2D eigenvalue weighted by Crippen LogP contribution is -2.29. The van der Waals surface area contributed by atoms with Crippen LogP contribution >= 0.6 is 0 Å². The number of aryl methyl sites for hydroxylation is 1. The predicted molar refractivity (Wildman–Crippen MR) is 68.8 cm³/mol. The Morgan fingerprint density at radius 1 is 1.35 bits per heavy atom. The molecular weight excluding hydrogens is 265 g/mol. The zero-order chi connectivity index (χ0) is 14.4. The molecule has 0 bridgehead atoms. The van der Waals surface area contributed by atoms with Crippen LogP contribution in [0.4, 0.5) is 4.39 Å². The number of amides is 1. The number of benzene rings is 1. The number of aliphatic hydroxyl groups is 2. The average Bonchev–Trinajstić information content (AvgIpc) is 2.91. The van der Waals surface area contributed by atoms with E-state index in [9.17, 15) is 19.4 Å². The Morgan fingerprint density at radius 2 is 2.00 bits per heavy atom. The first kappa shape index (κ1) is 13.1. The van der Waals surface area contributed by atoms with Crippen LogP contribution in [0.1, 0.15) is 16.1 Å². The Bertz CT molecular complexity index is 671. The molecule has 20 heavy (non-hydrogen) atoms. The lowest BCUT2D eigenvalue weighted by molar-refractivity contribution is 0.0572. The maximum absolute atomic E-state index is 13.2. The van der Waals surface area contributed by atoms with Gasteiger partial charge in [0.15, 0.2) is 5.76 Å². The Morgan fingerprint density at radius 3 is 2.65 bits per heavy atom. The summed E-state index contributed by atoms with van der Waals surface area (Å²) in [6, 6.07) is 4.06. The molecule has 1 amide bonds. The highest BCUT2D eigenvalue weighted by Gasteiger charge is 2.35. The molecule has 2 aromatic rings. The van der Waals surface area contributed by atoms with Gasteiger partial charge >= 0.3 is 0 Å². The minimum Gasteiger partial charge on any atom is -0.451 e. The van der Waals surface area contributed by atoms with Gasteiger partial charge in [0.2, 0.25) is 0 Å². The molecule has 0 saturated carbocycles. The van der Waals surface area contributed by atoms with Gasteiger partial charge in [-0.3, -0.25) is 4.79 Å². The minimum atomic E-state index is -0.943. The molecule has 1 aromatic heterocycles. The summed E-state index contributed by atoms with van der Waals surface area (Å²) in [7, 11) is 0. The Hall–Kier alpha value is -1.92. The van der Waals surface area contributed by atoms with Crippen LogP contribution in [0.2, 0.25) is 0 Å². The molecule has 1 aliphatic rings. The summed E-state index contributed by atoms with van der Waals surface area (Å²) in [5, 5.41) is 19.5. The first-order valence-corrected chi connectivity index (χ1v) is 6.31. The molecule has 2 N–H and O–H groups in total. The van der Waals surface area contributed by atoms with E-state index in [4.69, 9.17) is 4.42 Å². The number of carbonyl (C=O) groups excluding carboxylic acids is 1. The fourth-order valence-corrected chi connectivity index (χ4v) is 2.48. The zero-order valence-corrected chi connectivity index (χ0v) is 10.8. The maximum Gasteiger partial charge on any atom is 0.290 e. The number of likely N-dealkylation sites (tertiary alicyclic amines) is 1. The number of hydrogen-bond acceptors (Lipinski definition) is 4. The Balaban J connectivity index is 1.98. The second kappa shape index (κ2) is 4.57. The number of carbonyl (C=O) groups is 1. The molecule has 106 valence electrons. The van der Waals surface area contributed by atoms with Crippen molar-refractivity contribution in [3.8, 4) is 0 Å². The van der Waals surface area contributed by atoms with Gasteiger partial charge in [-0.15, -0.1) is 0 Å². The lowest BCUT2D eigenvalue weighted by atomic mass is 10.1. The molecular formula is C14H14FNO4. The van der Waals surface area contributed by atoms with Crippen LogP contribution < -0.4 is 0 Å². The molecule has 1 fully saturated rings. The highest BCUT2D eigenvalue weighted by Crippen LogP contribution is 2.27. The Labute approximate surface area is 114 Å². The number of furan rings is 1. The van der Waals surface area contributed by atoms with Gasteiger partial charge in [-0.2, -0.15) is 0 Å². The molecule has 2 atom stereocenters. The van der Waals surface area contributed by atoms with Gasteiger partial charge in [0.25, 0.3) is 5.91 Å². The van der Waals surface area contributed by atoms with Crippen molar-refractivity contribution in [2.24, 2.45) is 0 Å². The molecule has 1 aliphatic heterocycles. The third kappa shape index (κ3) is 1.97. The van der Waals surface area contributed by atoms with Crippen molar-refractivity contribution in [2.45, 2.75) is 19.1 Å². The van der Waals surface area contributed by atoms with Crippen LogP contribution in [0, 0.1) is 12.7 Å². The van der Waals surface area contributed by atoms with E-state index in [1.54, 1.807) is 6.92 Å². The molecule has 3 rings (SSSR count). The molecule has 1 aromatic carbocycles. The summed E-state index contributed by atoms with van der Waals surface area (Å²) in [5.74, 6) is -0.686. The van der Waals surface area contributed by atoms with Crippen molar-refractivity contribution in [2.75, 3.05) is 13.1 Å². The average molecular weight is 279 g/mol. The number of halogens is 1. The van der Waals surface area contributed by atoms with Crippen molar-refractivity contribution < 1.29 is 23.8 Å². The number of fused-ring (bicyclic) bond motifs is 1. The standard InChI is InChI=1S/C14H14FNO4/c1-7-9-4-8(15)2-3-12(9)20-13(7)14(19)16-5-10(17)11(18)6-16/h2-4,10-11,17-18H,5-6H2,1H3. The monoisotopic (exact) mass is 279 g/mol. The molecule has 0 aliphatic carbocycles. The second-order valence-electron chi connectivity index (χ2n) is 5.04. The summed E-state index contributed by atoms with van der Waals surface area (Å²) in [5.41, 5.74) is 0.993. The molecule has 5 nitrogen and oxygen atoms in total. The third-order valence-electron chi connectivity index (χ3n) is 3.64. The predicted octanol–water partition coefficient (Wildman–Crippen LogP) is 1.06. The van der Waals surface area contributed by atoms with Crippen LogP contribution in [0.15, 0.2) is 22.6 Å². The van der Waals surface area contributed by atoms with E-state index < -0.39 is 23.9 Å². The highest BCUT2D eigenvalue weighted by molar-refractivity contribution is 5.99. The van der Waals surface area contributed by atoms with E-state index in [0.717, 1.165) is 0 Å². The highest BCUT2D eigenvalue weighted by atomic mass is 19.1. The van der Waals surface area contributed by atoms with E-state index >= 15 is 0 Å². The molecule has 0 spiro atoms. The normalized spacial score (nSPS) is 22.7. The topological polar surface area (TPSA) is 73.9 Å².